The van der Waals surface area contributed by atoms with E-state index < -0.39 is 38.4 Å². The second kappa shape index (κ2) is 11.0. The summed E-state index contributed by atoms with van der Waals surface area (Å²) in [6.45, 7) is 26.0. The predicted molar refractivity (Wildman–Crippen MR) is 246 cm³/mol. The Labute approximate surface area is 323 Å². The first kappa shape index (κ1) is 34.4. The van der Waals surface area contributed by atoms with Gasteiger partial charge < -0.3 is 9.13 Å². The van der Waals surface area contributed by atoms with Gasteiger partial charge in [-0.05, 0) is 54.6 Å². The molecule has 0 N–H and O–H groups in total. The minimum Gasteiger partial charge on any atom is -0.308 e. The summed E-state index contributed by atoms with van der Waals surface area (Å²) in [5, 5.41) is 13.0. The molecule has 0 saturated heterocycles. The summed E-state index contributed by atoms with van der Waals surface area (Å²) >= 11 is 0. The quantitative estimate of drug-likeness (QED) is 0.145. The minimum absolute atomic E-state index is 0.944. The van der Waals surface area contributed by atoms with E-state index in [2.05, 4.69) is 184 Å². The summed E-state index contributed by atoms with van der Waals surface area (Å²) < 4.78 is 4.98. The van der Waals surface area contributed by atoms with Crippen molar-refractivity contribution >= 4 is 108 Å². The first-order chi connectivity index (χ1) is 25.5. The number of rotatable bonds is 0. The summed E-state index contributed by atoms with van der Waals surface area (Å²) in [6, 6.07) is 40.4. The van der Waals surface area contributed by atoms with Crippen molar-refractivity contribution in [2.24, 2.45) is 0 Å². The van der Waals surface area contributed by atoms with E-state index in [1.54, 1.807) is 20.7 Å². The molecule has 0 saturated carbocycles. The Balaban J connectivity index is 1.40. The standard InChI is InChI=1S/C45H50N4Si5/c1-50(2)29-30-11-12-31(27-46-30)48-41-18-14-33-23-37(41)38-24-34(15-19-42(38)48)52(5,6)54(9,10)36-17-21-44-40(26-36)39-25-35(53(7,8)51(33,3)4)16-20-43(39)49(44)32-13-22-45(50)47-28-32/h11-28H,29H2,1-10H3. The van der Waals surface area contributed by atoms with Crippen molar-refractivity contribution in [3.05, 3.63) is 115 Å². The van der Waals surface area contributed by atoms with Gasteiger partial charge in [0.15, 0.2) is 0 Å². The highest BCUT2D eigenvalue weighted by molar-refractivity contribution is 7.50. The number of benzene rings is 4. The molecular weight excluding hydrogens is 737 g/mol. The van der Waals surface area contributed by atoms with Crippen LogP contribution in [0.15, 0.2) is 109 Å². The van der Waals surface area contributed by atoms with Crippen LogP contribution in [0.4, 0.5) is 0 Å². The van der Waals surface area contributed by atoms with Crippen molar-refractivity contribution in [2.75, 3.05) is 0 Å². The maximum absolute atomic E-state index is 5.25. The van der Waals surface area contributed by atoms with Crippen molar-refractivity contribution < 1.29 is 0 Å². The number of hydrogen-bond donors (Lipinski definition) is 0. The fourth-order valence-electron chi connectivity index (χ4n) is 9.72. The van der Waals surface area contributed by atoms with Crippen molar-refractivity contribution in [3.63, 3.8) is 0 Å². The molecule has 19 heterocycles. The normalized spacial score (nSPS) is 18.9. The van der Waals surface area contributed by atoms with Crippen LogP contribution in [0, 0.1) is 0 Å². The maximum atomic E-state index is 5.25. The molecule has 0 unspecified atom stereocenters. The van der Waals surface area contributed by atoms with E-state index in [0.717, 1.165) is 23.1 Å². The molecule has 15 aliphatic rings. The number of aromatic nitrogens is 4. The molecule has 15 aliphatic heterocycles. The summed E-state index contributed by atoms with van der Waals surface area (Å²) in [5.41, 5.74) is 8.53. The lowest BCUT2D eigenvalue weighted by Gasteiger charge is -2.40. The molecule has 18 bridgehead atoms. The summed E-state index contributed by atoms with van der Waals surface area (Å²) in [4.78, 5) is 10.4. The molecule has 0 spiro atoms. The number of nitrogens with zero attached hydrogens (tertiary/aromatic N) is 4. The van der Waals surface area contributed by atoms with Crippen LogP contribution >= 0.6 is 0 Å². The van der Waals surface area contributed by atoms with E-state index in [1.807, 2.05) is 0 Å². The highest BCUT2D eigenvalue weighted by atomic mass is 29.3. The second-order valence-corrected chi connectivity index (χ2v) is 54.0. The Morgan fingerprint density at radius 2 is 0.759 bits per heavy atom. The molecule has 0 fully saturated rings. The molecule has 270 valence electrons. The van der Waals surface area contributed by atoms with Gasteiger partial charge in [0.2, 0.25) is 0 Å². The zero-order valence-corrected chi connectivity index (χ0v) is 38.4. The van der Waals surface area contributed by atoms with Gasteiger partial charge in [0.05, 0.1) is 76.2 Å². The van der Waals surface area contributed by atoms with E-state index in [9.17, 15) is 0 Å². The lowest BCUT2D eigenvalue weighted by Crippen LogP contribution is -2.69. The predicted octanol–water partition coefficient (Wildman–Crippen LogP) is 8.21. The smallest absolute Gasteiger partial charge is 0.110 e. The fourth-order valence-corrected chi connectivity index (χ4v) is 29.4. The van der Waals surface area contributed by atoms with Crippen LogP contribution in [0.1, 0.15) is 5.69 Å². The van der Waals surface area contributed by atoms with E-state index in [0.29, 0.717) is 0 Å². The highest BCUT2D eigenvalue weighted by Crippen LogP contribution is 2.36. The molecule has 8 aromatic rings. The van der Waals surface area contributed by atoms with E-state index in [-0.39, 0.29) is 0 Å². The zero-order valence-electron chi connectivity index (χ0n) is 33.4. The third-order valence-electron chi connectivity index (χ3n) is 14.9. The van der Waals surface area contributed by atoms with Gasteiger partial charge in [-0.3, -0.25) is 9.97 Å². The van der Waals surface area contributed by atoms with Gasteiger partial charge >= 0.3 is 0 Å². The van der Waals surface area contributed by atoms with Gasteiger partial charge in [0.25, 0.3) is 0 Å². The van der Waals surface area contributed by atoms with Crippen LogP contribution in [0.3, 0.4) is 0 Å². The molecule has 0 amide bonds. The number of hydrogen-bond acceptors (Lipinski definition) is 2. The van der Waals surface area contributed by atoms with Crippen LogP contribution in [-0.4, -0.2) is 57.5 Å². The van der Waals surface area contributed by atoms with Crippen LogP contribution < -0.4 is 26.1 Å². The van der Waals surface area contributed by atoms with Gasteiger partial charge in [-0.2, -0.15) is 0 Å². The molecular formula is C45H50N4Si5. The Hall–Kier alpha value is -4.14. The van der Waals surface area contributed by atoms with Crippen LogP contribution in [0.25, 0.3) is 55.0 Å². The zero-order chi connectivity index (χ0) is 37.7. The topological polar surface area (TPSA) is 35.6 Å². The molecule has 0 radical (unpaired) electrons. The van der Waals surface area contributed by atoms with Gasteiger partial charge in [-0.15, -0.1) is 0 Å². The molecule has 0 aliphatic carbocycles. The molecule has 23 rings (SSSR count). The maximum Gasteiger partial charge on any atom is 0.110 e. The Morgan fingerprint density at radius 3 is 1.07 bits per heavy atom. The van der Waals surface area contributed by atoms with Gasteiger partial charge in [-0.25, -0.2) is 0 Å². The molecule has 0 atom stereocenters. The van der Waals surface area contributed by atoms with Crippen molar-refractivity contribution in [2.45, 2.75) is 71.5 Å². The summed E-state index contributed by atoms with van der Waals surface area (Å²) in [7, 11) is -9.94. The van der Waals surface area contributed by atoms with E-state index in [1.165, 1.54) is 48.9 Å². The lowest BCUT2D eigenvalue weighted by atomic mass is 10.1. The van der Waals surface area contributed by atoms with Crippen molar-refractivity contribution in [3.8, 4) is 11.4 Å². The molecule has 9 heteroatoms. The summed E-state index contributed by atoms with van der Waals surface area (Å²) in [5.74, 6) is 0. The molecule has 4 nitrogen and oxygen atoms in total. The van der Waals surface area contributed by atoms with Crippen molar-refractivity contribution in [1.82, 2.24) is 19.1 Å². The Bertz CT molecular complexity index is 2740. The second-order valence-electron chi connectivity index (χ2n) is 19.1. The van der Waals surface area contributed by atoms with Crippen molar-refractivity contribution in [1.29, 1.82) is 0 Å². The first-order valence-corrected chi connectivity index (χ1v) is 36.8. The SMILES string of the molecule is C[Si]1(C)Cc2ccc(cn2)-n2c3ccc4cc3c3cc(ccc32)[Si](C)(C)[Si](C)(C)c2ccc3c(c2)c2cc(ccc2n3-c2ccc1nc2)[Si](C)(C)[Si]4(C)C. The van der Waals surface area contributed by atoms with Crippen LogP contribution in [0.5, 0.6) is 0 Å². The highest BCUT2D eigenvalue weighted by Gasteiger charge is 2.46. The van der Waals surface area contributed by atoms with E-state index >= 15 is 0 Å². The van der Waals surface area contributed by atoms with Crippen LogP contribution in [0.2, 0.25) is 65.5 Å². The molecule has 4 aromatic carbocycles. The third-order valence-corrected chi connectivity index (χ3v) is 53.3. The average Bonchev–Trinajstić information content (AvgIpc) is 3.65. The average molecular weight is 787 g/mol. The molecule has 54 heavy (non-hydrogen) atoms. The first-order valence-electron chi connectivity index (χ1n) is 19.6. The van der Waals surface area contributed by atoms with Gasteiger partial charge in [0, 0.05) is 32.6 Å². The molecule has 4 aromatic heterocycles. The fraction of sp³-hybridized carbons (Fsp3) is 0.244. The van der Waals surface area contributed by atoms with E-state index in [4.69, 9.17) is 9.97 Å². The van der Waals surface area contributed by atoms with Gasteiger partial charge in [-0.1, -0.05) is 135 Å². The monoisotopic (exact) mass is 786 g/mol. The summed E-state index contributed by atoms with van der Waals surface area (Å²) in [6.07, 6.45) is 4.26. The third kappa shape index (κ3) is 4.50. The Morgan fingerprint density at radius 1 is 0.407 bits per heavy atom. The number of pyridine rings is 2. The largest absolute Gasteiger partial charge is 0.308 e. The lowest BCUT2D eigenvalue weighted by molar-refractivity contribution is 1.08. The van der Waals surface area contributed by atoms with Crippen LogP contribution in [-0.2, 0) is 6.04 Å². The Kier molecular flexibility index (Phi) is 7.00. The van der Waals surface area contributed by atoms with Gasteiger partial charge in [0.1, 0.15) is 8.07 Å². The minimum atomic E-state index is -2.00.